The van der Waals surface area contributed by atoms with Crippen LogP contribution in [0.3, 0.4) is 0 Å². The highest BCUT2D eigenvalue weighted by atomic mass is 32.2. The lowest BCUT2D eigenvalue weighted by atomic mass is 9.87. The van der Waals surface area contributed by atoms with Crippen molar-refractivity contribution in [2.75, 3.05) is 22.9 Å². The van der Waals surface area contributed by atoms with Crippen molar-refractivity contribution < 1.29 is 18.3 Å². The number of aliphatic hydroxyl groups is 1. The van der Waals surface area contributed by atoms with Crippen LogP contribution in [0.25, 0.3) is 0 Å². The van der Waals surface area contributed by atoms with E-state index in [2.05, 4.69) is 29.2 Å². The summed E-state index contributed by atoms with van der Waals surface area (Å²) in [5.41, 5.74) is 1.67. The third-order valence-electron chi connectivity index (χ3n) is 8.11. The molecule has 3 N–H and O–H groups in total. The van der Waals surface area contributed by atoms with Crippen molar-refractivity contribution in [3.05, 3.63) is 89.5 Å². The van der Waals surface area contributed by atoms with Crippen molar-refractivity contribution in [2.24, 2.45) is 17.0 Å². The molecule has 1 amide bonds. The van der Waals surface area contributed by atoms with Crippen molar-refractivity contribution in [2.45, 2.75) is 43.7 Å². The van der Waals surface area contributed by atoms with Crippen molar-refractivity contribution in [3.63, 3.8) is 0 Å². The van der Waals surface area contributed by atoms with Crippen LogP contribution >= 0.6 is 0 Å². The minimum Gasteiger partial charge on any atom is -0.372 e. The van der Waals surface area contributed by atoms with E-state index in [1.165, 1.54) is 49.2 Å². The summed E-state index contributed by atoms with van der Waals surface area (Å²) in [7, 11) is -3.88. The van der Waals surface area contributed by atoms with Gasteiger partial charge in [-0.1, -0.05) is 56.3 Å². The number of carbonyl (C=O) groups excluding carboxylic acids is 1. The van der Waals surface area contributed by atoms with Gasteiger partial charge in [-0.05, 0) is 66.1 Å². The number of hydrogen-bond acceptors (Lipinski definition) is 5. The Balaban J connectivity index is 0.00000280. The molecule has 2 aliphatic heterocycles. The lowest BCUT2D eigenvalue weighted by Gasteiger charge is -2.24. The summed E-state index contributed by atoms with van der Waals surface area (Å²) >= 11 is 0. The molecule has 7 nitrogen and oxygen atoms in total. The maximum atomic E-state index is 13.7. The predicted molar refractivity (Wildman–Crippen MR) is 145 cm³/mol. The van der Waals surface area contributed by atoms with E-state index in [4.69, 9.17) is 5.14 Å². The third-order valence-corrected chi connectivity index (χ3v) is 9.04. The Labute approximate surface area is 218 Å². The van der Waals surface area contributed by atoms with E-state index in [-0.39, 0.29) is 12.3 Å². The number of carbonyl (C=O) groups is 1. The number of fused-ring (bicyclic) bond motifs is 2. The fraction of sp³-hybridized carbons (Fsp3) is 0.345. The second-order valence-electron chi connectivity index (χ2n) is 10.2. The van der Waals surface area contributed by atoms with Crippen LogP contribution in [0.15, 0.2) is 77.7 Å². The van der Waals surface area contributed by atoms with Crippen LogP contribution in [-0.2, 0) is 27.0 Å². The molecule has 37 heavy (non-hydrogen) atoms. The second kappa shape index (κ2) is 9.28. The normalized spacial score (nSPS) is 24.6. The maximum Gasteiger partial charge on any atom is 0.268 e. The Hall–Kier alpha value is -3.20. The lowest BCUT2D eigenvalue weighted by Crippen LogP contribution is -2.40. The molecule has 8 heteroatoms. The predicted octanol–water partition coefficient (Wildman–Crippen LogP) is 3.99. The average Bonchev–Trinajstić information content (AvgIpc) is 3.54. The minimum atomic E-state index is -3.88. The van der Waals surface area contributed by atoms with Gasteiger partial charge in [0.25, 0.3) is 5.91 Å². The quantitative estimate of drug-likeness (QED) is 0.531. The molecule has 1 saturated heterocycles. The second-order valence-corrected chi connectivity index (χ2v) is 11.8. The molecule has 3 unspecified atom stereocenters. The minimum absolute atomic E-state index is 0. The third kappa shape index (κ3) is 4.23. The molecule has 0 bridgehead atoms. The highest BCUT2D eigenvalue weighted by molar-refractivity contribution is 7.89. The van der Waals surface area contributed by atoms with Crippen LogP contribution in [0.2, 0.25) is 0 Å². The summed E-state index contributed by atoms with van der Waals surface area (Å²) in [4.78, 5) is 17.7. The van der Waals surface area contributed by atoms with E-state index in [0.29, 0.717) is 23.4 Å². The van der Waals surface area contributed by atoms with E-state index in [9.17, 15) is 18.3 Å². The van der Waals surface area contributed by atoms with E-state index in [0.717, 1.165) is 30.5 Å². The van der Waals surface area contributed by atoms with E-state index in [1.807, 2.05) is 12.1 Å². The van der Waals surface area contributed by atoms with Gasteiger partial charge in [-0.2, -0.15) is 0 Å². The zero-order valence-electron chi connectivity index (χ0n) is 19.9. The van der Waals surface area contributed by atoms with Gasteiger partial charge in [-0.25, -0.2) is 13.6 Å². The van der Waals surface area contributed by atoms with E-state index < -0.39 is 21.5 Å². The number of sulfonamides is 1. The van der Waals surface area contributed by atoms with Gasteiger partial charge < -0.3 is 14.9 Å². The zero-order chi connectivity index (χ0) is 25.1. The fourth-order valence-corrected chi connectivity index (χ4v) is 6.71. The first-order chi connectivity index (χ1) is 17.2. The number of para-hydroxylation sites is 1. The molecule has 0 radical (unpaired) electrons. The summed E-state index contributed by atoms with van der Waals surface area (Å²) in [6, 6.07) is 21.0. The van der Waals surface area contributed by atoms with Crippen LogP contribution in [0.1, 0.15) is 43.4 Å². The standard InChI is InChI=1S/C28H29N3O4S.CH4/c29-36(34,35)24-14-10-22(11-15-24)28(33)25-6-1-2-7-26(25)31(27(28)32)16-19-8-12-23(13-9-19)30-17-20-4-3-5-21(20)18-30;/h1-2,6-15,20-21,33H,3-5,16-18H2,(H2,29,34,35);1H4. The molecule has 2 heterocycles. The molecule has 194 valence electrons. The van der Waals surface area contributed by atoms with Gasteiger partial charge in [0.1, 0.15) is 0 Å². The molecule has 1 saturated carbocycles. The molecule has 0 spiro atoms. The fourth-order valence-electron chi connectivity index (χ4n) is 6.20. The van der Waals surface area contributed by atoms with E-state index in [1.54, 1.807) is 17.0 Å². The molecule has 2 fully saturated rings. The largest absolute Gasteiger partial charge is 0.372 e. The lowest BCUT2D eigenvalue weighted by molar-refractivity contribution is -0.132. The number of nitrogens with two attached hydrogens (primary N) is 1. The number of hydrogen-bond donors (Lipinski definition) is 2. The van der Waals surface area contributed by atoms with Crippen LogP contribution in [0, 0.1) is 11.8 Å². The van der Waals surface area contributed by atoms with Crippen molar-refractivity contribution in [3.8, 4) is 0 Å². The summed E-state index contributed by atoms with van der Waals surface area (Å²) in [6.45, 7) is 2.57. The number of anilines is 2. The van der Waals surface area contributed by atoms with Gasteiger partial charge in [0.15, 0.2) is 5.60 Å². The summed E-state index contributed by atoms with van der Waals surface area (Å²) in [5, 5.41) is 16.9. The van der Waals surface area contributed by atoms with Gasteiger partial charge in [-0.3, -0.25) is 4.79 Å². The molecular weight excluding hydrogens is 486 g/mol. The van der Waals surface area contributed by atoms with Crippen LogP contribution in [-0.4, -0.2) is 32.5 Å². The van der Waals surface area contributed by atoms with Crippen molar-refractivity contribution in [1.29, 1.82) is 0 Å². The van der Waals surface area contributed by atoms with Crippen LogP contribution < -0.4 is 14.9 Å². The Bertz CT molecular complexity index is 1410. The number of benzene rings is 3. The monoisotopic (exact) mass is 519 g/mol. The van der Waals surface area contributed by atoms with E-state index >= 15 is 0 Å². The Morgan fingerprint density at radius 2 is 1.54 bits per heavy atom. The Morgan fingerprint density at radius 3 is 2.16 bits per heavy atom. The van der Waals surface area contributed by atoms with Crippen LogP contribution in [0.4, 0.5) is 11.4 Å². The summed E-state index contributed by atoms with van der Waals surface area (Å²) < 4.78 is 23.3. The van der Waals surface area contributed by atoms with Crippen LogP contribution in [0.5, 0.6) is 0 Å². The number of rotatable bonds is 5. The van der Waals surface area contributed by atoms with Crippen molar-refractivity contribution in [1.82, 2.24) is 0 Å². The molecule has 1 aliphatic carbocycles. The zero-order valence-corrected chi connectivity index (χ0v) is 20.7. The first-order valence-corrected chi connectivity index (χ1v) is 13.9. The molecule has 0 aromatic heterocycles. The first-order valence-electron chi connectivity index (χ1n) is 12.4. The molecule has 3 aromatic carbocycles. The molecule has 6 rings (SSSR count). The topological polar surface area (TPSA) is 104 Å². The maximum absolute atomic E-state index is 13.7. The highest BCUT2D eigenvalue weighted by Crippen LogP contribution is 2.45. The smallest absolute Gasteiger partial charge is 0.268 e. The highest BCUT2D eigenvalue weighted by Gasteiger charge is 2.51. The van der Waals surface area contributed by atoms with Crippen molar-refractivity contribution >= 4 is 27.3 Å². The molecule has 3 atom stereocenters. The molecule has 3 aliphatic rings. The summed E-state index contributed by atoms with van der Waals surface area (Å²) in [6.07, 6.45) is 4.03. The van der Waals surface area contributed by atoms with Gasteiger partial charge in [0, 0.05) is 24.3 Å². The van der Waals surface area contributed by atoms with Gasteiger partial charge in [0.2, 0.25) is 10.0 Å². The Morgan fingerprint density at radius 1 is 0.919 bits per heavy atom. The number of primary sulfonamides is 1. The molecule has 3 aromatic rings. The summed E-state index contributed by atoms with van der Waals surface area (Å²) in [5.74, 6) is 1.17. The number of nitrogens with zero attached hydrogens (tertiary/aromatic N) is 2. The first kappa shape index (κ1) is 25.4. The average molecular weight is 520 g/mol. The SMILES string of the molecule is C.NS(=O)(=O)c1ccc(C2(O)C(=O)N(Cc3ccc(N4CC5CCCC5C4)cc3)c3ccccc32)cc1. The van der Waals surface area contributed by atoms with Gasteiger partial charge in [0.05, 0.1) is 17.1 Å². The van der Waals surface area contributed by atoms with Gasteiger partial charge >= 0.3 is 0 Å². The van der Waals surface area contributed by atoms with Gasteiger partial charge in [-0.15, -0.1) is 0 Å². The Kier molecular flexibility index (Phi) is 6.38. The molecular formula is C29H33N3O4S. The number of amides is 1.